The van der Waals surface area contributed by atoms with Crippen LogP contribution in [0.25, 0.3) is 0 Å². The Bertz CT molecular complexity index is 525. The highest BCUT2D eigenvalue weighted by Crippen LogP contribution is 2.14. The van der Waals surface area contributed by atoms with Gasteiger partial charge in [-0.25, -0.2) is 0 Å². The van der Waals surface area contributed by atoms with Crippen LogP contribution in [0.2, 0.25) is 0 Å². The highest BCUT2D eigenvalue weighted by Gasteiger charge is 2.04. The standard InChI is InChI=1S/C34H66O6/c1-3-5-7-9-11-12-13-14-15-16-17-18-20-22-24-26-34(36)40-32-30-38-28-27-37-29-31-39-33(35)25-23-21-19-10-8-6-4-2/h3-32H2,1-2H3. The van der Waals surface area contributed by atoms with Crippen LogP contribution < -0.4 is 0 Å². The lowest BCUT2D eigenvalue weighted by atomic mass is 10.0. The van der Waals surface area contributed by atoms with Crippen molar-refractivity contribution in [1.82, 2.24) is 0 Å². The maximum Gasteiger partial charge on any atom is 0.305 e. The van der Waals surface area contributed by atoms with E-state index in [1.807, 2.05) is 0 Å². The Balaban J connectivity index is 3.22. The molecule has 0 spiro atoms. The first kappa shape index (κ1) is 38.9. The van der Waals surface area contributed by atoms with Gasteiger partial charge < -0.3 is 18.9 Å². The third-order valence-corrected chi connectivity index (χ3v) is 7.32. The molecule has 0 aliphatic carbocycles. The van der Waals surface area contributed by atoms with E-state index in [0.29, 0.717) is 39.3 Å². The average Bonchev–Trinajstić information content (AvgIpc) is 2.95. The molecule has 0 aromatic rings. The molecular formula is C34H66O6. The average molecular weight is 571 g/mol. The van der Waals surface area contributed by atoms with Crippen molar-refractivity contribution in [2.45, 2.75) is 168 Å². The summed E-state index contributed by atoms with van der Waals surface area (Å²) < 4.78 is 21.3. The highest BCUT2D eigenvalue weighted by atomic mass is 16.6. The number of carbonyl (C=O) groups is 2. The Morgan fingerprint density at radius 2 is 0.600 bits per heavy atom. The zero-order valence-electron chi connectivity index (χ0n) is 26.7. The largest absolute Gasteiger partial charge is 0.463 e. The molecule has 6 heteroatoms. The zero-order valence-corrected chi connectivity index (χ0v) is 26.7. The van der Waals surface area contributed by atoms with Gasteiger partial charge in [0.2, 0.25) is 0 Å². The Kier molecular flexibility index (Phi) is 33.1. The fourth-order valence-electron chi connectivity index (χ4n) is 4.76. The van der Waals surface area contributed by atoms with Gasteiger partial charge in [-0.2, -0.15) is 0 Å². The summed E-state index contributed by atoms with van der Waals surface area (Å²) in [6, 6.07) is 0. The molecule has 0 heterocycles. The van der Waals surface area contributed by atoms with Crippen LogP contribution in [0.5, 0.6) is 0 Å². The highest BCUT2D eigenvalue weighted by molar-refractivity contribution is 5.69. The lowest BCUT2D eigenvalue weighted by Crippen LogP contribution is -2.15. The Labute approximate surface area is 248 Å². The van der Waals surface area contributed by atoms with Crippen molar-refractivity contribution in [1.29, 1.82) is 0 Å². The van der Waals surface area contributed by atoms with Gasteiger partial charge in [0.1, 0.15) is 13.2 Å². The van der Waals surface area contributed by atoms with Gasteiger partial charge in [-0.1, -0.05) is 142 Å². The fourth-order valence-corrected chi connectivity index (χ4v) is 4.76. The molecule has 0 aromatic carbocycles. The molecule has 0 unspecified atom stereocenters. The van der Waals surface area contributed by atoms with Gasteiger partial charge in [0.15, 0.2) is 0 Å². The second-order valence-electron chi connectivity index (χ2n) is 11.2. The van der Waals surface area contributed by atoms with Gasteiger partial charge in [0.25, 0.3) is 0 Å². The Morgan fingerprint density at radius 1 is 0.350 bits per heavy atom. The first-order chi connectivity index (χ1) is 19.7. The van der Waals surface area contributed by atoms with Gasteiger partial charge >= 0.3 is 11.9 Å². The molecule has 0 aliphatic heterocycles. The molecule has 0 rings (SSSR count). The van der Waals surface area contributed by atoms with E-state index in [1.165, 1.54) is 116 Å². The van der Waals surface area contributed by atoms with E-state index < -0.39 is 0 Å². The van der Waals surface area contributed by atoms with Crippen LogP contribution in [-0.4, -0.2) is 51.6 Å². The Hall–Kier alpha value is -1.14. The summed E-state index contributed by atoms with van der Waals surface area (Å²) >= 11 is 0. The van der Waals surface area contributed by atoms with Crippen LogP contribution in [0.1, 0.15) is 168 Å². The van der Waals surface area contributed by atoms with Crippen LogP contribution in [0.3, 0.4) is 0 Å². The van der Waals surface area contributed by atoms with Crippen molar-refractivity contribution in [3.63, 3.8) is 0 Å². The second kappa shape index (κ2) is 34.1. The molecule has 238 valence electrons. The predicted molar refractivity (Wildman–Crippen MR) is 166 cm³/mol. The van der Waals surface area contributed by atoms with Gasteiger partial charge in [-0.05, 0) is 12.8 Å². The molecule has 0 fully saturated rings. The normalized spacial score (nSPS) is 11.2. The lowest BCUT2D eigenvalue weighted by Gasteiger charge is -2.08. The summed E-state index contributed by atoms with van der Waals surface area (Å²) in [6.45, 7) is 6.68. The van der Waals surface area contributed by atoms with Crippen molar-refractivity contribution in [2.75, 3.05) is 39.6 Å². The summed E-state index contributed by atoms with van der Waals surface area (Å²) in [5, 5.41) is 0. The van der Waals surface area contributed by atoms with Crippen molar-refractivity contribution in [3.05, 3.63) is 0 Å². The monoisotopic (exact) mass is 570 g/mol. The van der Waals surface area contributed by atoms with Crippen LogP contribution in [0, 0.1) is 0 Å². The van der Waals surface area contributed by atoms with E-state index in [4.69, 9.17) is 18.9 Å². The summed E-state index contributed by atoms with van der Waals surface area (Å²) in [7, 11) is 0. The van der Waals surface area contributed by atoms with Gasteiger partial charge in [-0.15, -0.1) is 0 Å². The number of ether oxygens (including phenoxy) is 4. The van der Waals surface area contributed by atoms with Gasteiger partial charge in [0.05, 0.1) is 26.4 Å². The molecule has 40 heavy (non-hydrogen) atoms. The van der Waals surface area contributed by atoms with E-state index in [9.17, 15) is 9.59 Å². The molecule has 6 nitrogen and oxygen atoms in total. The lowest BCUT2D eigenvalue weighted by molar-refractivity contribution is -0.147. The summed E-state index contributed by atoms with van der Waals surface area (Å²) in [5.74, 6) is -0.271. The quantitative estimate of drug-likeness (QED) is 0.0578. The molecule has 0 amide bonds. The number of rotatable bonds is 33. The minimum absolute atomic E-state index is 0.132. The molecule has 0 aromatic heterocycles. The van der Waals surface area contributed by atoms with Crippen molar-refractivity contribution < 1.29 is 28.5 Å². The summed E-state index contributed by atoms with van der Waals surface area (Å²) in [5.41, 5.74) is 0. The third kappa shape index (κ3) is 33.1. The van der Waals surface area contributed by atoms with Crippen LogP contribution in [0.15, 0.2) is 0 Å². The minimum Gasteiger partial charge on any atom is -0.463 e. The van der Waals surface area contributed by atoms with Crippen molar-refractivity contribution in [3.8, 4) is 0 Å². The van der Waals surface area contributed by atoms with Crippen molar-refractivity contribution in [2.24, 2.45) is 0 Å². The van der Waals surface area contributed by atoms with Crippen molar-refractivity contribution >= 4 is 11.9 Å². The van der Waals surface area contributed by atoms with E-state index >= 15 is 0 Å². The molecule has 0 atom stereocenters. The topological polar surface area (TPSA) is 71.1 Å². The van der Waals surface area contributed by atoms with Gasteiger partial charge in [0, 0.05) is 12.8 Å². The first-order valence-corrected chi connectivity index (χ1v) is 17.2. The molecule has 0 aliphatic rings. The Morgan fingerprint density at radius 3 is 0.900 bits per heavy atom. The molecule has 0 bridgehead atoms. The third-order valence-electron chi connectivity index (χ3n) is 7.32. The number of unbranched alkanes of at least 4 members (excludes halogenated alkanes) is 20. The molecule has 0 N–H and O–H groups in total. The molecular weight excluding hydrogens is 504 g/mol. The number of hydrogen-bond donors (Lipinski definition) is 0. The van der Waals surface area contributed by atoms with Crippen LogP contribution >= 0.6 is 0 Å². The summed E-state index contributed by atoms with van der Waals surface area (Å²) in [6.07, 6.45) is 29.1. The minimum atomic E-state index is -0.139. The maximum atomic E-state index is 11.8. The first-order valence-electron chi connectivity index (χ1n) is 17.2. The smallest absolute Gasteiger partial charge is 0.305 e. The number of esters is 2. The van der Waals surface area contributed by atoms with E-state index in [0.717, 1.165) is 25.7 Å². The summed E-state index contributed by atoms with van der Waals surface area (Å²) in [4.78, 5) is 23.5. The molecule has 0 saturated carbocycles. The number of carbonyl (C=O) groups excluding carboxylic acids is 2. The molecule has 0 saturated heterocycles. The SMILES string of the molecule is CCCCCCCCCCCCCCCCCC(=O)OCCOCCOCCOC(=O)CCCCCCCCC. The van der Waals surface area contributed by atoms with Gasteiger partial charge in [-0.3, -0.25) is 9.59 Å². The molecule has 0 radical (unpaired) electrons. The van der Waals surface area contributed by atoms with Crippen LogP contribution in [-0.2, 0) is 28.5 Å². The van der Waals surface area contributed by atoms with Crippen LogP contribution in [0.4, 0.5) is 0 Å². The second-order valence-corrected chi connectivity index (χ2v) is 11.2. The van der Waals surface area contributed by atoms with E-state index in [1.54, 1.807) is 0 Å². The fraction of sp³-hybridized carbons (Fsp3) is 0.941. The number of hydrogen-bond acceptors (Lipinski definition) is 6. The van der Waals surface area contributed by atoms with E-state index in [2.05, 4.69) is 13.8 Å². The zero-order chi connectivity index (χ0) is 29.2. The van der Waals surface area contributed by atoms with E-state index in [-0.39, 0.29) is 25.2 Å². The predicted octanol–water partition coefficient (Wildman–Crippen LogP) is 9.51. The maximum absolute atomic E-state index is 11.8.